The molecule has 2 rings (SSSR count). The van der Waals surface area contributed by atoms with E-state index in [-0.39, 0.29) is 23.7 Å². The lowest BCUT2D eigenvalue weighted by atomic mass is 10.3. The van der Waals surface area contributed by atoms with Crippen molar-refractivity contribution in [3.05, 3.63) is 11.4 Å². The van der Waals surface area contributed by atoms with Crippen molar-refractivity contribution in [3.8, 4) is 0 Å². The maximum atomic E-state index is 12.5. The van der Waals surface area contributed by atoms with Crippen molar-refractivity contribution < 1.29 is 16.8 Å². The van der Waals surface area contributed by atoms with E-state index in [1.807, 2.05) is 0 Å². The molecule has 114 valence electrons. The normalized spacial score (nSPS) is 18.2. The lowest BCUT2D eigenvalue weighted by Crippen LogP contribution is -2.57. The molecule has 0 amide bonds. The Bertz CT molecular complexity index is 728. The summed E-state index contributed by atoms with van der Waals surface area (Å²) in [5.74, 6) is 0.0382. The maximum Gasteiger partial charge on any atom is 0.246 e. The summed E-state index contributed by atoms with van der Waals surface area (Å²) in [5.41, 5.74) is 0.996. The Hall–Kier alpha value is -0.930. The number of rotatable bonds is 4. The number of nitrogens with zero attached hydrogens (tertiary/aromatic N) is 3. The molecule has 1 aromatic rings. The quantitative estimate of drug-likeness (QED) is 0.769. The van der Waals surface area contributed by atoms with Gasteiger partial charge in [-0.15, -0.1) is 0 Å². The first-order valence-corrected chi connectivity index (χ1v) is 9.48. The average molecular weight is 321 g/mol. The van der Waals surface area contributed by atoms with E-state index in [0.29, 0.717) is 11.4 Å². The Labute approximate surface area is 119 Å². The highest BCUT2D eigenvalue weighted by atomic mass is 32.2. The van der Waals surface area contributed by atoms with Gasteiger partial charge in [0.15, 0.2) is 9.84 Å². The molecule has 2 heterocycles. The minimum atomic E-state index is -3.66. The molecule has 0 radical (unpaired) electrons. The molecule has 0 aliphatic carbocycles. The van der Waals surface area contributed by atoms with Crippen LogP contribution in [0.1, 0.15) is 18.3 Å². The van der Waals surface area contributed by atoms with Crippen molar-refractivity contribution in [2.45, 2.75) is 30.9 Å². The second-order valence-corrected chi connectivity index (χ2v) is 9.46. The van der Waals surface area contributed by atoms with Gasteiger partial charge in [-0.3, -0.25) is 4.68 Å². The van der Waals surface area contributed by atoms with Crippen LogP contribution < -0.4 is 0 Å². The van der Waals surface area contributed by atoms with E-state index < -0.39 is 25.1 Å². The Balaban J connectivity index is 2.27. The molecule has 0 saturated carbocycles. The van der Waals surface area contributed by atoms with Crippen LogP contribution in [0.5, 0.6) is 0 Å². The third-order valence-electron chi connectivity index (χ3n) is 3.77. The van der Waals surface area contributed by atoms with Crippen LogP contribution in [0.3, 0.4) is 0 Å². The monoisotopic (exact) mass is 321 g/mol. The van der Waals surface area contributed by atoms with Crippen molar-refractivity contribution in [1.82, 2.24) is 14.1 Å². The standard InChI is InChI=1S/C11H19N3O4S2/c1-5-19(15,16)10-6-14(7-10)20(17,18)11-8(2)12-13(4)9(11)3/h10H,5-7H2,1-4H3. The molecular weight excluding hydrogens is 302 g/mol. The number of aromatic nitrogens is 2. The van der Waals surface area contributed by atoms with E-state index in [9.17, 15) is 16.8 Å². The molecule has 0 bridgehead atoms. The van der Waals surface area contributed by atoms with Crippen LogP contribution in [-0.4, -0.2) is 55.0 Å². The van der Waals surface area contributed by atoms with Crippen molar-refractivity contribution >= 4 is 19.9 Å². The smallest absolute Gasteiger partial charge is 0.246 e. The maximum absolute atomic E-state index is 12.5. The van der Waals surface area contributed by atoms with Crippen molar-refractivity contribution in [3.63, 3.8) is 0 Å². The number of sulfone groups is 1. The van der Waals surface area contributed by atoms with Crippen LogP contribution in [-0.2, 0) is 26.9 Å². The van der Waals surface area contributed by atoms with Crippen LogP contribution >= 0.6 is 0 Å². The summed E-state index contributed by atoms with van der Waals surface area (Å²) in [5, 5.41) is 3.51. The van der Waals surface area contributed by atoms with Gasteiger partial charge in [0.1, 0.15) is 4.90 Å². The third-order valence-corrected chi connectivity index (χ3v) is 7.97. The number of sulfonamides is 1. The fourth-order valence-electron chi connectivity index (χ4n) is 2.32. The highest BCUT2D eigenvalue weighted by Gasteiger charge is 2.44. The van der Waals surface area contributed by atoms with Gasteiger partial charge in [0.25, 0.3) is 0 Å². The molecule has 0 spiro atoms. The number of hydrogen-bond donors (Lipinski definition) is 0. The lowest BCUT2D eigenvalue weighted by molar-refractivity contribution is 0.309. The van der Waals surface area contributed by atoms with Crippen LogP contribution in [0, 0.1) is 13.8 Å². The van der Waals surface area contributed by atoms with E-state index in [4.69, 9.17) is 0 Å². The first-order valence-electron chi connectivity index (χ1n) is 6.33. The summed E-state index contributed by atoms with van der Waals surface area (Å²) in [6.45, 7) is 4.97. The predicted molar refractivity (Wildman–Crippen MR) is 74.7 cm³/mol. The Morgan fingerprint density at radius 3 is 2.15 bits per heavy atom. The van der Waals surface area contributed by atoms with E-state index in [2.05, 4.69) is 5.10 Å². The van der Waals surface area contributed by atoms with Crippen LogP contribution in [0.4, 0.5) is 0 Å². The molecule has 1 aromatic heterocycles. The van der Waals surface area contributed by atoms with Crippen molar-refractivity contribution in [2.75, 3.05) is 18.8 Å². The summed E-state index contributed by atoms with van der Waals surface area (Å²) >= 11 is 0. The SMILES string of the molecule is CCS(=O)(=O)C1CN(S(=O)(=O)c2c(C)nn(C)c2C)C1. The van der Waals surface area contributed by atoms with Gasteiger partial charge in [0.05, 0.1) is 16.6 Å². The van der Waals surface area contributed by atoms with Gasteiger partial charge in [-0.25, -0.2) is 16.8 Å². The molecule has 0 aromatic carbocycles. The first-order chi connectivity index (χ1) is 9.11. The summed E-state index contributed by atoms with van der Waals surface area (Å²) in [4.78, 5) is 0.187. The second kappa shape index (κ2) is 4.81. The molecule has 1 saturated heterocycles. The first kappa shape index (κ1) is 15.5. The zero-order valence-corrected chi connectivity index (χ0v) is 13.6. The molecule has 1 fully saturated rings. The molecular formula is C11H19N3O4S2. The highest BCUT2D eigenvalue weighted by Crippen LogP contribution is 2.28. The van der Waals surface area contributed by atoms with Crippen molar-refractivity contribution in [2.24, 2.45) is 7.05 Å². The van der Waals surface area contributed by atoms with Gasteiger partial charge in [-0.05, 0) is 13.8 Å². The largest absolute Gasteiger partial charge is 0.271 e. The zero-order valence-electron chi connectivity index (χ0n) is 12.0. The van der Waals surface area contributed by atoms with E-state index in [0.717, 1.165) is 0 Å². The Morgan fingerprint density at radius 1 is 1.20 bits per heavy atom. The molecule has 20 heavy (non-hydrogen) atoms. The zero-order chi connectivity index (χ0) is 15.3. The van der Waals surface area contributed by atoms with Crippen LogP contribution in [0.2, 0.25) is 0 Å². The molecule has 0 N–H and O–H groups in total. The Morgan fingerprint density at radius 2 is 1.75 bits per heavy atom. The highest BCUT2D eigenvalue weighted by molar-refractivity contribution is 7.92. The number of hydrogen-bond acceptors (Lipinski definition) is 5. The average Bonchev–Trinajstić information content (AvgIpc) is 2.50. The fraction of sp³-hybridized carbons (Fsp3) is 0.727. The second-order valence-electron chi connectivity index (χ2n) is 5.02. The summed E-state index contributed by atoms with van der Waals surface area (Å²) in [6, 6.07) is 0. The molecule has 1 aliphatic heterocycles. The Kier molecular flexibility index (Phi) is 3.72. The van der Waals surface area contributed by atoms with Gasteiger partial charge in [-0.1, -0.05) is 6.92 Å². The van der Waals surface area contributed by atoms with E-state index in [1.54, 1.807) is 27.8 Å². The van der Waals surface area contributed by atoms with Crippen molar-refractivity contribution in [1.29, 1.82) is 0 Å². The van der Waals surface area contributed by atoms with Gasteiger partial charge < -0.3 is 0 Å². The van der Waals surface area contributed by atoms with Crippen LogP contribution in [0.25, 0.3) is 0 Å². The minimum absolute atomic E-state index is 0.0340. The number of aryl methyl sites for hydroxylation is 2. The summed E-state index contributed by atoms with van der Waals surface area (Å²) in [6.07, 6.45) is 0. The van der Waals surface area contributed by atoms with E-state index in [1.165, 1.54) is 8.99 Å². The van der Waals surface area contributed by atoms with E-state index >= 15 is 0 Å². The summed E-state index contributed by atoms with van der Waals surface area (Å²) in [7, 11) is -5.16. The third kappa shape index (κ3) is 2.27. The van der Waals surface area contributed by atoms with Gasteiger partial charge in [-0.2, -0.15) is 9.40 Å². The van der Waals surface area contributed by atoms with Crippen LogP contribution in [0.15, 0.2) is 4.90 Å². The fourth-order valence-corrected chi connectivity index (χ4v) is 5.72. The molecule has 1 aliphatic rings. The predicted octanol–water partition coefficient (Wildman–Crippen LogP) is -0.155. The van der Waals surface area contributed by atoms with Gasteiger partial charge in [0.2, 0.25) is 10.0 Å². The molecule has 0 unspecified atom stereocenters. The molecule has 9 heteroatoms. The lowest BCUT2D eigenvalue weighted by Gasteiger charge is -2.37. The topological polar surface area (TPSA) is 89.3 Å². The molecule has 7 nitrogen and oxygen atoms in total. The van der Waals surface area contributed by atoms with Gasteiger partial charge >= 0.3 is 0 Å². The minimum Gasteiger partial charge on any atom is -0.271 e. The van der Waals surface area contributed by atoms with Gasteiger partial charge in [0, 0.05) is 25.9 Å². The summed E-state index contributed by atoms with van der Waals surface area (Å²) < 4.78 is 51.1. The molecule has 0 atom stereocenters.